The van der Waals surface area contributed by atoms with Gasteiger partial charge in [0.2, 0.25) is 11.8 Å². The summed E-state index contributed by atoms with van der Waals surface area (Å²) in [6.07, 6.45) is 8.48. The number of hydrogen-bond donors (Lipinski definition) is 3. The number of Topliss-reactive ketones (excluding diaryl/α,β-unsaturated/α-hetero) is 2. The van der Waals surface area contributed by atoms with Crippen molar-refractivity contribution >= 4 is 29.1 Å². The lowest BCUT2D eigenvalue weighted by Crippen LogP contribution is -2.40. The average Bonchev–Trinajstić information content (AvgIpc) is 2.99. The number of anilines is 1. The smallest absolute Gasteiger partial charge is 0.229 e. The van der Waals surface area contributed by atoms with Crippen molar-refractivity contribution in [3.63, 3.8) is 0 Å². The minimum absolute atomic E-state index is 0.156. The Hall–Kier alpha value is -2.54. The number of benzene rings is 1. The van der Waals surface area contributed by atoms with E-state index in [0.717, 1.165) is 38.0 Å². The average molecular weight is 428 g/mol. The van der Waals surface area contributed by atoms with E-state index in [0.29, 0.717) is 36.8 Å². The zero-order chi connectivity index (χ0) is 22.2. The van der Waals surface area contributed by atoms with Crippen molar-refractivity contribution in [3.05, 3.63) is 29.3 Å². The lowest BCUT2D eigenvalue weighted by molar-refractivity contribution is -0.136. The first-order valence-electron chi connectivity index (χ1n) is 11.5. The molecule has 0 spiro atoms. The molecule has 7 nitrogen and oxygen atoms in total. The largest absolute Gasteiger partial charge is 0.385 e. The van der Waals surface area contributed by atoms with Crippen LogP contribution in [-0.2, 0) is 9.59 Å². The van der Waals surface area contributed by atoms with Gasteiger partial charge in [-0.3, -0.25) is 24.5 Å². The van der Waals surface area contributed by atoms with Crippen LogP contribution >= 0.6 is 0 Å². The van der Waals surface area contributed by atoms with Gasteiger partial charge < -0.3 is 11.1 Å². The number of hydrogen-bond acceptors (Lipinski definition) is 6. The Balaban J connectivity index is 1.47. The SMILES string of the molecule is NCCCCCCCCNc1ccc2c(c1)C(=O)C(CCC1CCC(=O)NC1=O)C2=O. The fraction of sp³-hybridized carbons (Fsp3) is 0.583. The molecule has 168 valence electrons. The first-order chi connectivity index (χ1) is 15.0. The predicted molar refractivity (Wildman–Crippen MR) is 119 cm³/mol. The molecule has 3 rings (SSSR count). The number of piperidine rings is 1. The highest BCUT2D eigenvalue weighted by Crippen LogP contribution is 2.33. The van der Waals surface area contributed by atoms with Crippen LogP contribution in [0.5, 0.6) is 0 Å². The normalized spacial score (nSPS) is 20.7. The monoisotopic (exact) mass is 427 g/mol. The van der Waals surface area contributed by atoms with Crippen LogP contribution in [0.15, 0.2) is 18.2 Å². The molecule has 1 saturated heterocycles. The molecular weight excluding hydrogens is 394 g/mol. The maximum atomic E-state index is 12.9. The third-order valence-corrected chi connectivity index (χ3v) is 6.30. The van der Waals surface area contributed by atoms with Crippen LogP contribution in [0, 0.1) is 11.8 Å². The molecule has 1 aromatic carbocycles. The van der Waals surface area contributed by atoms with Crippen molar-refractivity contribution in [1.29, 1.82) is 0 Å². The molecule has 2 atom stereocenters. The molecule has 0 bridgehead atoms. The Bertz CT molecular complexity index is 836. The van der Waals surface area contributed by atoms with Crippen molar-refractivity contribution in [2.75, 3.05) is 18.4 Å². The molecule has 1 aliphatic heterocycles. The minimum Gasteiger partial charge on any atom is -0.385 e. The topological polar surface area (TPSA) is 118 Å². The Kier molecular flexibility index (Phi) is 8.35. The van der Waals surface area contributed by atoms with Crippen molar-refractivity contribution < 1.29 is 19.2 Å². The van der Waals surface area contributed by atoms with Gasteiger partial charge in [0.1, 0.15) is 0 Å². The van der Waals surface area contributed by atoms with Gasteiger partial charge in [0.15, 0.2) is 11.6 Å². The molecular formula is C24H33N3O4. The van der Waals surface area contributed by atoms with E-state index in [9.17, 15) is 19.2 Å². The summed E-state index contributed by atoms with van der Waals surface area (Å²) in [6.45, 7) is 1.59. The van der Waals surface area contributed by atoms with E-state index in [-0.39, 0.29) is 29.3 Å². The van der Waals surface area contributed by atoms with Gasteiger partial charge in [-0.15, -0.1) is 0 Å². The lowest BCUT2D eigenvalue weighted by Gasteiger charge is -2.21. The van der Waals surface area contributed by atoms with Crippen LogP contribution in [0.25, 0.3) is 0 Å². The highest BCUT2D eigenvalue weighted by Gasteiger charge is 2.39. The summed E-state index contributed by atoms with van der Waals surface area (Å²) in [5, 5.41) is 5.68. The standard InChI is InChI=1S/C24H33N3O4/c25-13-5-3-1-2-4-6-14-26-17-9-11-18-20(15-17)23(30)19(22(18)29)10-7-16-8-12-21(28)27-24(16)31/h9,11,15-16,19,26H,1-8,10,12-14,25H2,(H,27,28,31). The second-order valence-electron chi connectivity index (χ2n) is 8.60. The van der Waals surface area contributed by atoms with E-state index < -0.39 is 5.92 Å². The molecule has 4 N–H and O–H groups in total. The second-order valence-corrected chi connectivity index (χ2v) is 8.60. The zero-order valence-electron chi connectivity index (χ0n) is 18.1. The lowest BCUT2D eigenvalue weighted by atomic mass is 9.88. The van der Waals surface area contributed by atoms with Crippen LogP contribution in [0.1, 0.15) is 84.9 Å². The van der Waals surface area contributed by atoms with Crippen LogP contribution < -0.4 is 16.4 Å². The van der Waals surface area contributed by atoms with E-state index >= 15 is 0 Å². The molecule has 31 heavy (non-hydrogen) atoms. The molecule has 0 saturated carbocycles. The minimum atomic E-state index is -0.718. The van der Waals surface area contributed by atoms with Crippen molar-refractivity contribution in [2.45, 2.75) is 64.2 Å². The number of carbonyl (C=O) groups is 4. The van der Waals surface area contributed by atoms with E-state index in [4.69, 9.17) is 5.73 Å². The van der Waals surface area contributed by atoms with E-state index in [1.165, 1.54) is 19.3 Å². The quantitative estimate of drug-likeness (QED) is 0.268. The van der Waals surface area contributed by atoms with Gasteiger partial charge >= 0.3 is 0 Å². The fourth-order valence-electron chi connectivity index (χ4n) is 4.42. The zero-order valence-corrected chi connectivity index (χ0v) is 18.1. The summed E-state index contributed by atoms with van der Waals surface area (Å²) in [7, 11) is 0. The summed E-state index contributed by atoms with van der Waals surface area (Å²) in [6, 6.07) is 5.37. The van der Waals surface area contributed by atoms with Crippen molar-refractivity contribution in [1.82, 2.24) is 5.32 Å². The number of fused-ring (bicyclic) bond motifs is 1. The maximum absolute atomic E-state index is 12.9. The summed E-state index contributed by atoms with van der Waals surface area (Å²) < 4.78 is 0. The molecule has 2 amide bonds. The van der Waals surface area contributed by atoms with Crippen LogP contribution in [0.2, 0.25) is 0 Å². The number of nitrogens with one attached hydrogen (secondary N) is 2. The molecule has 2 unspecified atom stereocenters. The Morgan fingerprint density at radius 2 is 1.61 bits per heavy atom. The summed E-state index contributed by atoms with van der Waals surface area (Å²) in [4.78, 5) is 48.8. The fourth-order valence-corrected chi connectivity index (χ4v) is 4.42. The molecule has 2 aliphatic rings. The number of carbonyl (C=O) groups excluding carboxylic acids is 4. The van der Waals surface area contributed by atoms with Gasteiger partial charge in [0.25, 0.3) is 0 Å². The first kappa shape index (κ1) is 23.1. The van der Waals surface area contributed by atoms with Gasteiger partial charge in [0, 0.05) is 35.7 Å². The highest BCUT2D eigenvalue weighted by atomic mass is 16.2. The molecule has 0 radical (unpaired) electrons. The number of nitrogens with two attached hydrogens (primary N) is 1. The van der Waals surface area contributed by atoms with Gasteiger partial charge in [-0.1, -0.05) is 25.7 Å². The van der Waals surface area contributed by atoms with Crippen molar-refractivity contribution in [2.24, 2.45) is 17.6 Å². The number of amides is 2. The van der Waals surface area contributed by atoms with Gasteiger partial charge in [-0.2, -0.15) is 0 Å². The second kappa shape index (κ2) is 11.2. The third kappa shape index (κ3) is 6.00. The summed E-state index contributed by atoms with van der Waals surface area (Å²) in [5.74, 6) is -1.89. The summed E-state index contributed by atoms with van der Waals surface area (Å²) in [5.41, 5.74) is 7.31. The molecule has 1 aromatic rings. The number of ketones is 2. The summed E-state index contributed by atoms with van der Waals surface area (Å²) >= 11 is 0. The number of unbranched alkanes of at least 4 members (excludes halogenated alkanes) is 5. The van der Waals surface area contributed by atoms with Crippen LogP contribution in [-0.4, -0.2) is 36.5 Å². The molecule has 1 heterocycles. The van der Waals surface area contributed by atoms with E-state index in [1.54, 1.807) is 12.1 Å². The van der Waals surface area contributed by atoms with Crippen LogP contribution in [0.3, 0.4) is 0 Å². The third-order valence-electron chi connectivity index (χ3n) is 6.30. The van der Waals surface area contributed by atoms with Gasteiger partial charge in [-0.05, 0) is 56.8 Å². The van der Waals surface area contributed by atoms with Gasteiger partial charge in [-0.25, -0.2) is 0 Å². The molecule has 1 aliphatic carbocycles. The molecule has 1 fully saturated rings. The van der Waals surface area contributed by atoms with Crippen molar-refractivity contribution in [3.8, 4) is 0 Å². The predicted octanol–water partition coefficient (Wildman–Crippen LogP) is 3.23. The Labute approximate surface area is 183 Å². The maximum Gasteiger partial charge on any atom is 0.229 e. The Morgan fingerprint density at radius 3 is 2.35 bits per heavy atom. The molecule has 7 heteroatoms. The first-order valence-corrected chi connectivity index (χ1v) is 11.5. The number of imide groups is 1. The van der Waals surface area contributed by atoms with Gasteiger partial charge in [0.05, 0.1) is 5.92 Å². The Morgan fingerprint density at radius 1 is 0.903 bits per heavy atom. The van der Waals surface area contributed by atoms with E-state index in [1.807, 2.05) is 6.07 Å². The highest BCUT2D eigenvalue weighted by molar-refractivity contribution is 6.26. The van der Waals surface area contributed by atoms with E-state index in [2.05, 4.69) is 10.6 Å². The molecule has 0 aromatic heterocycles. The number of rotatable bonds is 12. The van der Waals surface area contributed by atoms with Crippen LogP contribution in [0.4, 0.5) is 5.69 Å².